The number of anilines is 1. The fourth-order valence-electron chi connectivity index (χ4n) is 2.44. The topological polar surface area (TPSA) is 83.8 Å². The van der Waals surface area contributed by atoms with Gasteiger partial charge in [0.1, 0.15) is 5.02 Å². The van der Waals surface area contributed by atoms with E-state index in [1.165, 1.54) is 11.9 Å². The molecular weight excluding hydrogens is 264 g/mol. The maximum Gasteiger partial charge on any atom is 0.271 e. The summed E-state index contributed by atoms with van der Waals surface area (Å²) >= 11 is 5.94. The van der Waals surface area contributed by atoms with Crippen LogP contribution >= 0.6 is 11.6 Å². The fourth-order valence-corrected chi connectivity index (χ4v) is 2.60. The lowest BCUT2D eigenvalue weighted by Gasteiger charge is -2.19. The number of aromatic amines is 1. The van der Waals surface area contributed by atoms with Gasteiger partial charge in [0.2, 0.25) is 0 Å². The van der Waals surface area contributed by atoms with Crippen LogP contribution in [0, 0.1) is 0 Å². The quantitative estimate of drug-likeness (QED) is 0.775. The van der Waals surface area contributed by atoms with Gasteiger partial charge in [0.15, 0.2) is 5.82 Å². The molecule has 2 atom stereocenters. The SMILES string of the molecule is NC1Cc2ccccc2C1Nc1nc[nH]c(=O)c1Cl. The second-order valence-electron chi connectivity index (χ2n) is 4.58. The second kappa shape index (κ2) is 4.68. The monoisotopic (exact) mass is 276 g/mol. The molecule has 98 valence electrons. The van der Waals surface area contributed by atoms with Crippen molar-refractivity contribution in [3.05, 3.63) is 57.1 Å². The molecule has 0 spiro atoms. The van der Waals surface area contributed by atoms with Crippen LogP contribution in [0.2, 0.25) is 5.02 Å². The third-order valence-electron chi connectivity index (χ3n) is 3.36. The van der Waals surface area contributed by atoms with Gasteiger partial charge < -0.3 is 16.0 Å². The number of hydrogen-bond donors (Lipinski definition) is 3. The minimum absolute atomic E-state index is 0.0547. The molecule has 0 radical (unpaired) electrons. The first-order valence-corrected chi connectivity index (χ1v) is 6.37. The van der Waals surface area contributed by atoms with Gasteiger partial charge in [0.25, 0.3) is 5.56 Å². The number of aromatic nitrogens is 2. The number of nitrogens with two attached hydrogens (primary N) is 1. The minimum Gasteiger partial charge on any atom is -0.360 e. The van der Waals surface area contributed by atoms with Crippen LogP contribution < -0.4 is 16.6 Å². The summed E-state index contributed by atoms with van der Waals surface area (Å²) in [5.41, 5.74) is 8.13. The predicted octanol–water partition coefficient (Wildman–Crippen LogP) is 1.46. The normalized spacial score (nSPS) is 21.2. The number of nitrogens with zero attached hydrogens (tertiary/aromatic N) is 1. The molecule has 5 nitrogen and oxygen atoms in total. The average Bonchev–Trinajstić information content (AvgIpc) is 2.72. The van der Waals surface area contributed by atoms with E-state index < -0.39 is 0 Å². The van der Waals surface area contributed by atoms with E-state index in [0.29, 0.717) is 5.82 Å². The number of H-pyrrole nitrogens is 1. The molecular formula is C13H13ClN4O. The largest absolute Gasteiger partial charge is 0.360 e. The molecule has 19 heavy (non-hydrogen) atoms. The molecule has 0 bridgehead atoms. The summed E-state index contributed by atoms with van der Waals surface area (Å²) in [6, 6.07) is 7.91. The standard InChI is InChI=1S/C13H13ClN4O/c14-10-12(16-6-17-13(10)19)18-11-8-4-2-1-3-7(8)5-9(11)15/h1-4,6,9,11H,5,15H2,(H2,16,17,18,19). The number of halogens is 1. The summed E-state index contributed by atoms with van der Waals surface area (Å²) in [4.78, 5) is 17.9. The van der Waals surface area contributed by atoms with Gasteiger partial charge in [-0.1, -0.05) is 35.9 Å². The van der Waals surface area contributed by atoms with Crippen molar-refractivity contribution < 1.29 is 0 Å². The van der Waals surface area contributed by atoms with Crippen molar-refractivity contribution in [2.45, 2.75) is 18.5 Å². The van der Waals surface area contributed by atoms with E-state index in [1.54, 1.807) is 0 Å². The van der Waals surface area contributed by atoms with E-state index in [0.717, 1.165) is 12.0 Å². The fraction of sp³-hybridized carbons (Fsp3) is 0.231. The van der Waals surface area contributed by atoms with Gasteiger partial charge in [0.05, 0.1) is 12.4 Å². The zero-order valence-electron chi connectivity index (χ0n) is 10.1. The van der Waals surface area contributed by atoms with Crippen LogP contribution in [0.5, 0.6) is 0 Å². The molecule has 2 aromatic rings. The zero-order valence-corrected chi connectivity index (χ0v) is 10.8. The summed E-state index contributed by atoms with van der Waals surface area (Å²) in [6.07, 6.45) is 2.12. The molecule has 0 amide bonds. The molecule has 1 aromatic heterocycles. The first-order valence-electron chi connectivity index (χ1n) is 6.00. The van der Waals surface area contributed by atoms with Crippen LogP contribution in [0.3, 0.4) is 0 Å². The number of rotatable bonds is 2. The lowest BCUT2D eigenvalue weighted by molar-refractivity contribution is 0.623. The van der Waals surface area contributed by atoms with Gasteiger partial charge in [-0.3, -0.25) is 4.79 Å². The molecule has 1 heterocycles. The first kappa shape index (κ1) is 12.2. The Hall–Kier alpha value is -1.85. The van der Waals surface area contributed by atoms with Crippen molar-refractivity contribution in [1.29, 1.82) is 0 Å². The highest BCUT2D eigenvalue weighted by Gasteiger charge is 2.30. The zero-order chi connectivity index (χ0) is 13.4. The number of fused-ring (bicyclic) bond motifs is 1. The third kappa shape index (κ3) is 2.11. The summed E-state index contributed by atoms with van der Waals surface area (Å²) in [5, 5.41) is 3.22. The third-order valence-corrected chi connectivity index (χ3v) is 3.71. The molecule has 0 saturated heterocycles. The van der Waals surface area contributed by atoms with Crippen LogP contribution in [0.1, 0.15) is 17.2 Å². The molecule has 0 aliphatic heterocycles. The molecule has 0 saturated carbocycles. The van der Waals surface area contributed by atoms with E-state index in [1.807, 2.05) is 18.2 Å². The Bertz CT molecular complexity index is 670. The molecule has 0 fully saturated rings. The van der Waals surface area contributed by atoms with Crippen molar-refractivity contribution in [2.75, 3.05) is 5.32 Å². The number of nitrogens with one attached hydrogen (secondary N) is 2. The van der Waals surface area contributed by atoms with Gasteiger partial charge in [-0.25, -0.2) is 4.98 Å². The van der Waals surface area contributed by atoms with Crippen LogP contribution in [0.4, 0.5) is 5.82 Å². The van der Waals surface area contributed by atoms with Crippen molar-refractivity contribution >= 4 is 17.4 Å². The lowest BCUT2D eigenvalue weighted by Crippen LogP contribution is -2.30. The van der Waals surface area contributed by atoms with Crippen LogP contribution in [0.15, 0.2) is 35.4 Å². The maximum absolute atomic E-state index is 11.4. The van der Waals surface area contributed by atoms with Gasteiger partial charge in [-0.15, -0.1) is 0 Å². The minimum atomic E-state index is -0.362. The Kier molecular flexibility index (Phi) is 3.00. The molecule has 2 unspecified atom stereocenters. The predicted molar refractivity (Wildman–Crippen MR) is 74.4 cm³/mol. The maximum atomic E-state index is 11.4. The van der Waals surface area contributed by atoms with Gasteiger partial charge in [0, 0.05) is 6.04 Å². The highest BCUT2D eigenvalue weighted by Crippen LogP contribution is 2.33. The Balaban J connectivity index is 1.96. The lowest BCUT2D eigenvalue weighted by atomic mass is 10.1. The summed E-state index contributed by atoms with van der Waals surface area (Å²) in [6.45, 7) is 0. The van der Waals surface area contributed by atoms with Crippen LogP contribution in [0.25, 0.3) is 0 Å². The number of hydrogen-bond acceptors (Lipinski definition) is 4. The molecule has 1 aliphatic carbocycles. The van der Waals surface area contributed by atoms with E-state index >= 15 is 0 Å². The summed E-state index contributed by atoms with van der Waals surface area (Å²) < 4.78 is 0. The molecule has 6 heteroatoms. The van der Waals surface area contributed by atoms with Gasteiger partial charge >= 0.3 is 0 Å². The van der Waals surface area contributed by atoms with E-state index in [2.05, 4.69) is 21.4 Å². The first-order chi connectivity index (χ1) is 9.16. The molecule has 1 aromatic carbocycles. The van der Waals surface area contributed by atoms with Crippen molar-refractivity contribution in [1.82, 2.24) is 9.97 Å². The summed E-state index contributed by atoms with van der Waals surface area (Å²) in [7, 11) is 0. The van der Waals surface area contributed by atoms with Crippen molar-refractivity contribution in [2.24, 2.45) is 5.73 Å². The van der Waals surface area contributed by atoms with E-state index in [4.69, 9.17) is 17.3 Å². The highest BCUT2D eigenvalue weighted by atomic mass is 35.5. The molecule has 4 N–H and O–H groups in total. The van der Waals surface area contributed by atoms with Crippen LogP contribution in [-0.4, -0.2) is 16.0 Å². The molecule has 1 aliphatic rings. The van der Waals surface area contributed by atoms with Gasteiger partial charge in [-0.2, -0.15) is 0 Å². The second-order valence-corrected chi connectivity index (χ2v) is 4.96. The van der Waals surface area contributed by atoms with E-state index in [9.17, 15) is 4.79 Å². The Morgan fingerprint density at radius 1 is 1.42 bits per heavy atom. The highest BCUT2D eigenvalue weighted by molar-refractivity contribution is 6.32. The Morgan fingerprint density at radius 2 is 2.21 bits per heavy atom. The summed E-state index contributed by atoms with van der Waals surface area (Å²) in [5.74, 6) is 0.363. The Morgan fingerprint density at radius 3 is 3.05 bits per heavy atom. The average molecular weight is 277 g/mol. The van der Waals surface area contributed by atoms with E-state index in [-0.39, 0.29) is 22.7 Å². The van der Waals surface area contributed by atoms with Crippen molar-refractivity contribution in [3.8, 4) is 0 Å². The van der Waals surface area contributed by atoms with Crippen molar-refractivity contribution in [3.63, 3.8) is 0 Å². The smallest absolute Gasteiger partial charge is 0.271 e. The number of benzene rings is 1. The molecule has 3 rings (SSSR count). The Labute approximate surface area is 114 Å². The van der Waals surface area contributed by atoms with Crippen LogP contribution in [-0.2, 0) is 6.42 Å². The van der Waals surface area contributed by atoms with Gasteiger partial charge in [-0.05, 0) is 17.5 Å².